The van der Waals surface area contributed by atoms with Gasteiger partial charge in [0.15, 0.2) is 6.10 Å². The van der Waals surface area contributed by atoms with Gasteiger partial charge in [-0.1, -0.05) is 17.0 Å². The minimum atomic E-state index is -0.404. The Bertz CT molecular complexity index is 636. The molecule has 0 aromatic carbocycles. The summed E-state index contributed by atoms with van der Waals surface area (Å²) in [7, 11) is 0. The summed E-state index contributed by atoms with van der Waals surface area (Å²) in [5.41, 5.74) is 2.39. The third-order valence-electron chi connectivity index (χ3n) is 3.50. The standard InChI is InChI=1S/C16H15NO5/c1-3-5-18-10-13-16(19-6-4-2)15-12(9-20-13)14-11(7-21-15)8-22-17-14/h1-2,8-9,13,15-16H,5-7,10H2/t13-,15-,16+/m1/s1. The number of ether oxygens (including phenoxy) is 4. The van der Waals surface area contributed by atoms with Gasteiger partial charge in [0.25, 0.3) is 0 Å². The molecule has 3 heterocycles. The summed E-state index contributed by atoms with van der Waals surface area (Å²) in [5.74, 6) is 4.86. The Morgan fingerprint density at radius 3 is 3.00 bits per heavy atom. The first-order valence-electron chi connectivity index (χ1n) is 6.82. The van der Waals surface area contributed by atoms with Gasteiger partial charge in [-0.25, -0.2) is 0 Å². The van der Waals surface area contributed by atoms with Gasteiger partial charge in [-0.15, -0.1) is 12.8 Å². The molecule has 0 bridgehead atoms. The van der Waals surface area contributed by atoms with Gasteiger partial charge in [0, 0.05) is 11.1 Å². The molecular weight excluding hydrogens is 286 g/mol. The lowest BCUT2D eigenvalue weighted by Gasteiger charge is -2.38. The van der Waals surface area contributed by atoms with Gasteiger partial charge in [0.1, 0.15) is 37.4 Å². The summed E-state index contributed by atoms with van der Waals surface area (Å²) in [4.78, 5) is 0. The monoisotopic (exact) mass is 301 g/mol. The van der Waals surface area contributed by atoms with E-state index in [-0.39, 0.29) is 32.0 Å². The molecule has 22 heavy (non-hydrogen) atoms. The first-order valence-corrected chi connectivity index (χ1v) is 6.82. The fraction of sp³-hybridized carbons (Fsp3) is 0.438. The molecule has 6 nitrogen and oxygen atoms in total. The number of rotatable bonds is 5. The lowest BCUT2D eigenvalue weighted by atomic mass is 9.93. The molecule has 0 aliphatic carbocycles. The van der Waals surface area contributed by atoms with Gasteiger partial charge >= 0.3 is 0 Å². The fourth-order valence-electron chi connectivity index (χ4n) is 2.54. The van der Waals surface area contributed by atoms with Crippen molar-refractivity contribution in [3.8, 4) is 24.7 Å². The molecule has 6 heteroatoms. The molecule has 0 fully saturated rings. The topological polar surface area (TPSA) is 63.0 Å². The highest BCUT2D eigenvalue weighted by atomic mass is 16.6. The van der Waals surface area contributed by atoms with E-state index in [0.717, 1.165) is 16.8 Å². The Morgan fingerprint density at radius 1 is 1.32 bits per heavy atom. The predicted molar refractivity (Wildman–Crippen MR) is 76.2 cm³/mol. The molecule has 0 N–H and O–H groups in total. The molecule has 0 radical (unpaired) electrons. The summed E-state index contributed by atoms with van der Waals surface area (Å²) in [6, 6.07) is 0. The number of terminal acetylenes is 2. The van der Waals surface area contributed by atoms with Crippen LogP contribution in [0.5, 0.6) is 0 Å². The van der Waals surface area contributed by atoms with E-state index in [1.165, 1.54) is 0 Å². The smallest absolute Gasteiger partial charge is 0.150 e. The van der Waals surface area contributed by atoms with Crippen LogP contribution in [0.3, 0.4) is 0 Å². The van der Waals surface area contributed by atoms with Crippen LogP contribution in [0.25, 0.3) is 5.57 Å². The maximum Gasteiger partial charge on any atom is 0.150 e. The van der Waals surface area contributed by atoms with Crippen LogP contribution < -0.4 is 0 Å². The Labute approximate surface area is 128 Å². The predicted octanol–water partition coefficient (Wildman–Crippen LogP) is 0.981. The number of hydrogen-bond acceptors (Lipinski definition) is 6. The molecule has 0 spiro atoms. The van der Waals surface area contributed by atoms with Crippen LogP contribution >= 0.6 is 0 Å². The second-order valence-corrected chi connectivity index (χ2v) is 4.87. The zero-order valence-electron chi connectivity index (χ0n) is 11.9. The van der Waals surface area contributed by atoms with E-state index >= 15 is 0 Å². The molecule has 0 saturated heterocycles. The van der Waals surface area contributed by atoms with Crippen LogP contribution in [-0.4, -0.2) is 43.3 Å². The first kappa shape index (κ1) is 14.7. The molecule has 0 unspecified atom stereocenters. The average Bonchev–Trinajstić information content (AvgIpc) is 3.02. The largest absolute Gasteiger partial charge is 0.492 e. The van der Waals surface area contributed by atoms with Crippen molar-refractivity contribution in [3.05, 3.63) is 23.8 Å². The number of fused-ring (bicyclic) bond motifs is 3. The van der Waals surface area contributed by atoms with Gasteiger partial charge < -0.3 is 23.5 Å². The van der Waals surface area contributed by atoms with E-state index in [0.29, 0.717) is 6.61 Å². The van der Waals surface area contributed by atoms with Crippen LogP contribution in [0.4, 0.5) is 0 Å². The number of nitrogens with zero attached hydrogens (tertiary/aromatic N) is 1. The van der Waals surface area contributed by atoms with Gasteiger partial charge in [0.05, 0.1) is 19.5 Å². The first-order chi connectivity index (χ1) is 10.8. The van der Waals surface area contributed by atoms with Gasteiger partial charge in [0.2, 0.25) is 0 Å². The van der Waals surface area contributed by atoms with Crippen molar-refractivity contribution in [1.82, 2.24) is 5.16 Å². The highest BCUT2D eigenvalue weighted by Crippen LogP contribution is 2.36. The third kappa shape index (κ3) is 2.72. The van der Waals surface area contributed by atoms with Crippen molar-refractivity contribution in [3.63, 3.8) is 0 Å². The van der Waals surface area contributed by atoms with E-state index in [9.17, 15) is 0 Å². The van der Waals surface area contributed by atoms with Crippen molar-refractivity contribution in [2.24, 2.45) is 0 Å². The molecule has 2 aliphatic heterocycles. The van der Waals surface area contributed by atoms with Gasteiger partial charge in [-0.05, 0) is 0 Å². The summed E-state index contributed by atoms with van der Waals surface area (Å²) in [6.45, 7) is 1.04. The van der Waals surface area contributed by atoms with Crippen LogP contribution in [0, 0.1) is 24.7 Å². The van der Waals surface area contributed by atoms with Crippen LogP contribution in [0.15, 0.2) is 17.0 Å². The molecular formula is C16H15NO5. The minimum absolute atomic E-state index is 0.151. The van der Waals surface area contributed by atoms with Crippen molar-refractivity contribution in [2.75, 3.05) is 19.8 Å². The Balaban J connectivity index is 1.81. The van der Waals surface area contributed by atoms with Gasteiger partial charge in [-0.3, -0.25) is 0 Å². The van der Waals surface area contributed by atoms with Gasteiger partial charge in [-0.2, -0.15) is 0 Å². The maximum atomic E-state index is 5.88. The minimum Gasteiger partial charge on any atom is -0.492 e. The quantitative estimate of drug-likeness (QED) is 0.597. The summed E-state index contributed by atoms with van der Waals surface area (Å²) >= 11 is 0. The maximum absolute atomic E-state index is 5.88. The van der Waals surface area contributed by atoms with Crippen LogP contribution in [0.2, 0.25) is 0 Å². The molecule has 0 saturated carbocycles. The second kappa shape index (κ2) is 6.67. The molecule has 3 rings (SSSR count). The zero-order chi connectivity index (χ0) is 15.4. The number of hydrogen-bond donors (Lipinski definition) is 0. The van der Waals surface area contributed by atoms with E-state index in [1.807, 2.05) is 0 Å². The van der Waals surface area contributed by atoms with Crippen molar-refractivity contribution in [1.29, 1.82) is 0 Å². The van der Waals surface area contributed by atoms with E-state index in [4.69, 9.17) is 36.3 Å². The molecule has 1 aromatic rings. The van der Waals surface area contributed by atoms with Crippen molar-refractivity contribution >= 4 is 5.57 Å². The highest BCUT2D eigenvalue weighted by molar-refractivity contribution is 5.69. The zero-order valence-corrected chi connectivity index (χ0v) is 11.9. The lowest BCUT2D eigenvalue weighted by Crippen LogP contribution is -2.48. The third-order valence-corrected chi connectivity index (χ3v) is 3.50. The van der Waals surface area contributed by atoms with Crippen LogP contribution in [0.1, 0.15) is 11.3 Å². The molecule has 2 aliphatic rings. The van der Waals surface area contributed by atoms with Crippen LogP contribution in [-0.2, 0) is 25.6 Å². The average molecular weight is 301 g/mol. The summed E-state index contributed by atoms with van der Waals surface area (Å²) < 4.78 is 27.7. The Hall–Kier alpha value is -2.25. The fourth-order valence-corrected chi connectivity index (χ4v) is 2.54. The Morgan fingerprint density at radius 2 is 2.18 bits per heavy atom. The summed E-state index contributed by atoms with van der Waals surface area (Å²) in [6.07, 6.45) is 12.5. The molecule has 0 amide bonds. The van der Waals surface area contributed by atoms with Crippen molar-refractivity contribution < 1.29 is 23.5 Å². The normalized spacial score (nSPS) is 25.9. The Kier molecular flexibility index (Phi) is 4.45. The molecule has 3 atom stereocenters. The lowest BCUT2D eigenvalue weighted by molar-refractivity contribution is -0.131. The highest BCUT2D eigenvalue weighted by Gasteiger charge is 2.42. The SMILES string of the molecule is C#CCOC[C@H]1OC=C2c3nocc3CO[C@H]2[C@H]1OCC#C. The molecule has 114 valence electrons. The van der Waals surface area contributed by atoms with E-state index in [1.54, 1.807) is 12.5 Å². The summed E-state index contributed by atoms with van der Waals surface area (Å²) in [5, 5.41) is 4.00. The van der Waals surface area contributed by atoms with E-state index in [2.05, 4.69) is 17.0 Å². The molecule has 1 aromatic heterocycles. The second-order valence-electron chi connectivity index (χ2n) is 4.87. The number of aromatic nitrogens is 1. The van der Waals surface area contributed by atoms with E-state index < -0.39 is 6.10 Å². The van der Waals surface area contributed by atoms with Crippen molar-refractivity contribution in [2.45, 2.75) is 24.9 Å².